The Bertz CT molecular complexity index is 412. The normalized spacial score (nSPS) is 16.8. The molecule has 0 radical (unpaired) electrons. The van der Waals surface area contributed by atoms with Crippen molar-refractivity contribution in [1.82, 2.24) is 10.2 Å². The van der Waals surface area contributed by atoms with Gasteiger partial charge in [0, 0.05) is 19.1 Å². The molecule has 0 unspecified atom stereocenters. The fourth-order valence-electron chi connectivity index (χ4n) is 2.40. The van der Waals surface area contributed by atoms with E-state index in [1.807, 2.05) is 4.90 Å². The maximum Gasteiger partial charge on any atom is 0.257 e. The molecule has 0 aromatic heterocycles. The Kier molecular flexibility index (Phi) is 4.20. The van der Waals surface area contributed by atoms with Gasteiger partial charge in [0.1, 0.15) is 5.75 Å². The highest BCUT2D eigenvalue weighted by molar-refractivity contribution is 5.96. The first-order valence-electron chi connectivity index (χ1n) is 6.53. The minimum absolute atomic E-state index is 0.0660. The number of phenols is 1. The zero-order valence-electron chi connectivity index (χ0n) is 10.7. The van der Waals surface area contributed by atoms with Crippen molar-refractivity contribution in [3.63, 3.8) is 0 Å². The maximum atomic E-state index is 12.2. The van der Waals surface area contributed by atoms with Crippen LogP contribution in [0.15, 0.2) is 24.3 Å². The summed E-state index contributed by atoms with van der Waals surface area (Å²) in [4.78, 5) is 14.1. The summed E-state index contributed by atoms with van der Waals surface area (Å²) in [5.74, 6) is -0.000597. The van der Waals surface area contributed by atoms with Crippen LogP contribution in [0, 0.1) is 0 Å². The van der Waals surface area contributed by atoms with E-state index in [1.54, 1.807) is 24.3 Å². The van der Waals surface area contributed by atoms with Crippen molar-refractivity contribution in [2.24, 2.45) is 0 Å². The Hall–Kier alpha value is -1.55. The van der Waals surface area contributed by atoms with Gasteiger partial charge < -0.3 is 15.3 Å². The number of rotatable bonds is 3. The van der Waals surface area contributed by atoms with Crippen molar-refractivity contribution in [1.29, 1.82) is 0 Å². The van der Waals surface area contributed by atoms with Crippen molar-refractivity contribution in [3.8, 4) is 5.75 Å². The molecular formula is C14H20N2O2. The summed E-state index contributed by atoms with van der Waals surface area (Å²) in [7, 11) is 0. The molecule has 0 spiro atoms. The lowest BCUT2D eigenvalue weighted by Gasteiger charge is -2.32. The standard InChI is InChI=1S/C14H20N2O2/c1-2-15-11-7-9-16(10-8-11)14(18)12-5-3-4-6-13(12)17/h3-6,11,15,17H,2,7-10H2,1H3. The summed E-state index contributed by atoms with van der Waals surface area (Å²) < 4.78 is 0. The molecule has 4 heteroatoms. The highest BCUT2D eigenvalue weighted by Crippen LogP contribution is 2.20. The molecule has 1 saturated heterocycles. The zero-order valence-corrected chi connectivity index (χ0v) is 10.7. The molecule has 2 rings (SSSR count). The zero-order chi connectivity index (χ0) is 13.0. The molecule has 1 aromatic carbocycles. The monoisotopic (exact) mass is 248 g/mol. The lowest BCUT2D eigenvalue weighted by atomic mass is 10.0. The van der Waals surface area contributed by atoms with E-state index in [9.17, 15) is 9.90 Å². The number of carbonyl (C=O) groups is 1. The molecule has 1 heterocycles. The fourth-order valence-corrected chi connectivity index (χ4v) is 2.40. The number of amides is 1. The van der Waals surface area contributed by atoms with E-state index >= 15 is 0 Å². The first-order valence-corrected chi connectivity index (χ1v) is 6.53. The van der Waals surface area contributed by atoms with Crippen LogP contribution in [0.2, 0.25) is 0 Å². The fraction of sp³-hybridized carbons (Fsp3) is 0.500. The number of phenolic OH excluding ortho intramolecular Hbond substituents is 1. The van der Waals surface area contributed by atoms with E-state index in [0.29, 0.717) is 11.6 Å². The summed E-state index contributed by atoms with van der Waals surface area (Å²) in [6, 6.07) is 7.25. The third-order valence-corrected chi connectivity index (χ3v) is 3.41. The van der Waals surface area contributed by atoms with Gasteiger partial charge in [0.05, 0.1) is 5.56 Å². The highest BCUT2D eigenvalue weighted by atomic mass is 16.3. The van der Waals surface area contributed by atoms with Crippen LogP contribution in [0.4, 0.5) is 0 Å². The average Bonchev–Trinajstić information content (AvgIpc) is 2.40. The van der Waals surface area contributed by atoms with Gasteiger partial charge in [-0.3, -0.25) is 4.79 Å². The van der Waals surface area contributed by atoms with Crippen LogP contribution in [-0.2, 0) is 0 Å². The average molecular weight is 248 g/mol. The number of aromatic hydroxyl groups is 1. The van der Waals surface area contributed by atoms with Crippen molar-refractivity contribution in [2.75, 3.05) is 19.6 Å². The van der Waals surface area contributed by atoms with Gasteiger partial charge >= 0.3 is 0 Å². The number of hydrogen-bond acceptors (Lipinski definition) is 3. The van der Waals surface area contributed by atoms with Gasteiger partial charge in [0.15, 0.2) is 0 Å². The SMILES string of the molecule is CCNC1CCN(C(=O)c2ccccc2O)CC1. The molecule has 1 aliphatic heterocycles. The van der Waals surface area contributed by atoms with Crippen LogP contribution >= 0.6 is 0 Å². The Morgan fingerprint density at radius 3 is 2.67 bits per heavy atom. The van der Waals surface area contributed by atoms with Gasteiger partial charge in [-0.05, 0) is 31.5 Å². The molecule has 0 aliphatic carbocycles. The number of hydrogen-bond donors (Lipinski definition) is 2. The Morgan fingerprint density at radius 1 is 1.39 bits per heavy atom. The number of likely N-dealkylation sites (tertiary alicyclic amines) is 1. The molecular weight excluding hydrogens is 228 g/mol. The summed E-state index contributed by atoms with van der Waals surface area (Å²) in [6.07, 6.45) is 1.96. The number of nitrogens with one attached hydrogen (secondary N) is 1. The quantitative estimate of drug-likeness (QED) is 0.854. The van der Waals surface area contributed by atoms with Crippen molar-refractivity contribution >= 4 is 5.91 Å². The van der Waals surface area contributed by atoms with Crippen LogP contribution in [0.5, 0.6) is 5.75 Å². The second kappa shape index (κ2) is 5.87. The van der Waals surface area contributed by atoms with Crippen LogP contribution in [0.1, 0.15) is 30.1 Å². The van der Waals surface area contributed by atoms with Crippen LogP contribution in [0.25, 0.3) is 0 Å². The van der Waals surface area contributed by atoms with Crippen LogP contribution < -0.4 is 5.32 Å². The molecule has 1 amide bonds. The number of para-hydroxylation sites is 1. The van der Waals surface area contributed by atoms with Crippen LogP contribution in [-0.4, -0.2) is 41.6 Å². The topological polar surface area (TPSA) is 52.6 Å². The van der Waals surface area contributed by atoms with E-state index in [4.69, 9.17) is 0 Å². The van der Waals surface area contributed by atoms with Crippen LogP contribution in [0.3, 0.4) is 0 Å². The van der Waals surface area contributed by atoms with Gasteiger partial charge in [-0.2, -0.15) is 0 Å². The molecule has 2 N–H and O–H groups in total. The molecule has 0 atom stereocenters. The molecule has 1 aromatic rings. The Balaban J connectivity index is 1.98. The molecule has 0 saturated carbocycles. The Labute approximate surface area is 108 Å². The number of piperidine rings is 1. The lowest BCUT2D eigenvalue weighted by Crippen LogP contribution is -2.44. The van der Waals surface area contributed by atoms with E-state index in [2.05, 4.69) is 12.2 Å². The smallest absolute Gasteiger partial charge is 0.257 e. The second-order valence-electron chi connectivity index (χ2n) is 4.64. The molecule has 98 valence electrons. The van der Waals surface area contributed by atoms with Crippen molar-refractivity contribution in [2.45, 2.75) is 25.8 Å². The molecule has 4 nitrogen and oxygen atoms in total. The van der Waals surface area contributed by atoms with Crippen molar-refractivity contribution < 1.29 is 9.90 Å². The largest absolute Gasteiger partial charge is 0.507 e. The minimum Gasteiger partial charge on any atom is -0.507 e. The van der Waals surface area contributed by atoms with Gasteiger partial charge in [-0.25, -0.2) is 0 Å². The van der Waals surface area contributed by atoms with Gasteiger partial charge in [0.2, 0.25) is 0 Å². The van der Waals surface area contributed by atoms with Crippen molar-refractivity contribution in [3.05, 3.63) is 29.8 Å². The third-order valence-electron chi connectivity index (χ3n) is 3.41. The summed E-state index contributed by atoms with van der Waals surface area (Å²) in [5.41, 5.74) is 0.402. The minimum atomic E-state index is -0.0666. The van der Waals surface area contributed by atoms with Gasteiger partial charge in [-0.15, -0.1) is 0 Å². The van der Waals surface area contributed by atoms with E-state index < -0.39 is 0 Å². The lowest BCUT2D eigenvalue weighted by molar-refractivity contribution is 0.0703. The van der Waals surface area contributed by atoms with Gasteiger partial charge in [-0.1, -0.05) is 19.1 Å². The van der Waals surface area contributed by atoms with E-state index in [-0.39, 0.29) is 11.7 Å². The summed E-state index contributed by atoms with van der Waals surface area (Å²) in [5, 5.41) is 13.1. The maximum absolute atomic E-state index is 12.2. The number of carbonyl (C=O) groups excluding carboxylic acids is 1. The third kappa shape index (κ3) is 2.82. The molecule has 1 fully saturated rings. The number of benzene rings is 1. The molecule has 18 heavy (non-hydrogen) atoms. The molecule has 1 aliphatic rings. The second-order valence-corrected chi connectivity index (χ2v) is 4.64. The first-order chi connectivity index (χ1) is 8.72. The Morgan fingerprint density at radius 2 is 2.06 bits per heavy atom. The summed E-state index contributed by atoms with van der Waals surface area (Å²) >= 11 is 0. The van der Waals surface area contributed by atoms with E-state index in [0.717, 1.165) is 32.5 Å². The predicted octanol–water partition coefficient (Wildman–Crippen LogP) is 1.61. The first kappa shape index (κ1) is 12.9. The highest BCUT2D eigenvalue weighted by Gasteiger charge is 2.24. The predicted molar refractivity (Wildman–Crippen MR) is 70.7 cm³/mol. The van der Waals surface area contributed by atoms with E-state index in [1.165, 1.54) is 0 Å². The molecule has 0 bridgehead atoms. The van der Waals surface area contributed by atoms with Gasteiger partial charge in [0.25, 0.3) is 5.91 Å². The summed E-state index contributed by atoms with van der Waals surface area (Å²) in [6.45, 7) is 4.58. The number of nitrogens with zero attached hydrogens (tertiary/aromatic N) is 1.